The number of nitrogens with zero attached hydrogens (tertiary/aromatic N) is 2. The van der Waals surface area contributed by atoms with Gasteiger partial charge in [-0.05, 0) is 26.0 Å². The van der Waals surface area contributed by atoms with Crippen LogP contribution in [-0.2, 0) is 11.2 Å². The van der Waals surface area contributed by atoms with Crippen molar-refractivity contribution in [2.45, 2.75) is 25.0 Å². The van der Waals surface area contributed by atoms with E-state index in [9.17, 15) is 10.2 Å². The fraction of sp³-hybridized carbons (Fsp3) is 0.250. The van der Waals surface area contributed by atoms with Crippen molar-refractivity contribution in [3.8, 4) is 11.8 Å². The molecule has 0 amide bonds. The van der Waals surface area contributed by atoms with Crippen molar-refractivity contribution in [3.05, 3.63) is 60.2 Å². The molecule has 0 spiro atoms. The molecule has 0 fully saturated rings. The van der Waals surface area contributed by atoms with Gasteiger partial charge in [-0.3, -0.25) is 9.97 Å². The molecule has 0 radical (unpaired) electrons. The first-order chi connectivity index (χ1) is 9.42. The summed E-state index contributed by atoms with van der Waals surface area (Å²) in [7, 11) is 0. The molecule has 0 aliphatic carbocycles. The van der Waals surface area contributed by atoms with Gasteiger partial charge in [0.1, 0.15) is 11.2 Å². The average Bonchev–Trinajstić information content (AvgIpc) is 2.47. The summed E-state index contributed by atoms with van der Waals surface area (Å²) < 4.78 is 0. The first kappa shape index (κ1) is 14.2. The summed E-state index contributed by atoms with van der Waals surface area (Å²) in [5, 5.41) is 20.7. The van der Waals surface area contributed by atoms with E-state index in [4.69, 9.17) is 0 Å². The largest absolute Gasteiger partial charge is 0.374 e. The van der Waals surface area contributed by atoms with Crippen LogP contribution >= 0.6 is 0 Å². The average molecular weight is 268 g/mol. The van der Waals surface area contributed by atoms with Crippen LogP contribution in [0.2, 0.25) is 0 Å². The summed E-state index contributed by atoms with van der Waals surface area (Å²) in [5.41, 5.74) is -1.59. The minimum absolute atomic E-state index is 0.578. The standard InChI is InChI=1S/C16H16N2O2/c1-15(19,13-5-3-9-17-11-13)7-8-16(2,20)14-6-4-10-18-12-14/h3-6,9-12,19-20H,1-2H3/t15-,16-/m0/s1. The van der Waals surface area contributed by atoms with Gasteiger partial charge in [0, 0.05) is 35.9 Å². The first-order valence-electron chi connectivity index (χ1n) is 6.22. The smallest absolute Gasteiger partial charge is 0.149 e. The fourth-order valence-electron chi connectivity index (χ4n) is 1.69. The van der Waals surface area contributed by atoms with Crippen molar-refractivity contribution in [3.63, 3.8) is 0 Å². The van der Waals surface area contributed by atoms with E-state index in [0.29, 0.717) is 11.1 Å². The maximum Gasteiger partial charge on any atom is 0.149 e. The molecule has 0 bridgehead atoms. The molecule has 0 unspecified atom stereocenters. The van der Waals surface area contributed by atoms with E-state index in [-0.39, 0.29) is 0 Å². The highest BCUT2D eigenvalue weighted by Gasteiger charge is 2.24. The lowest BCUT2D eigenvalue weighted by Crippen LogP contribution is -2.23. The molecule has 0 aliphatic rings. The summed E-state index contributed by atoms with van der Waals surface area (Å²) in [5.74, 6) is 5.40. The second-order valence-electron chi connectivity index (χ2n) is 4.88. The minimum atomic E-state index is -1.37. The Labute approximate surface area is 118 Å². The molecule has 4 heteroatoms. The van der Waals surface area contributed by atoms with Crippen LogP contribution in [0.4, 0.5) is 0 Å². The van der Waals surface area contributed by atoms with Crippen LogP contribution in [0, 0.1) is 11.8 Å². The van der Waals surface area contributed by atoms with Gasteiger partial charge in [-0.15, -0.1) is 0 Å². The van der Waals surface area contributed by atoms with Crippen LogP contribution < -0.4 is 0 Å². The van der Waals surface area contributed by atoms with Crippen molar-refractivity contribution in [1.82, 2.24) is 9.97 Å². The molecule has 0 aliphatic heterocycles. The van der Waals surface area contributed by atoms with Crippen LogP contribution in [0.25, 0.3) is 0 Å². The molecule has 102 valence electrons. The van der Waals surface area contributed by atoms with Crippen LogP contribution in [0.5, 0.6) is 0 Å². The van der Waals surface area contributed by atoms with Crippen LogP contribution in [0.15, 0.2) is 49.1 Å². The number of rotatable bonds is 2. The van der Waals surface area contributed by atoms with Gasteiger partial charge in [-0.25, -0.2) is 0 Å². The minimum Gasteiger partial charge on any atom is -0.374 e. The Hall–Kier alpha value is -2.22. The van der Waals surface area contributed by atoms with E-state index in [2.05, 4.69) is 21.8 Å². The number of aromatic nitrogens is 2. The molecular weight excluding hydrogens is 252 g/mol. The summed E-state index contributed by atoms with van der Waals surface area (Å²) in [6, 6.07) is 6.93. The molecule has 4 nitrogen and oxygen atoms in total. The second-order valence-corrected chi connectivity index (χ2v) is 4.88. The second kappa shape index (κ2) is 5.41. The topological polar surface area (TPSA) is 66.2 Å². The van der Waals surface area contributed by atoms with Crippen LogP contribution in [0.3, 0.4) is 0 Å². The predicted octanol–water partition coefficient (Wildman–Crippen LogP) is 1.60. The molecule has 2 N–H and O–H groups in total. The summed E-state index contributed by atoms with van der Waals surface area (Å²) in [4.78, 5) is 7.91. The van der Waals surface area contributed by atoms with Gasteiger partial charge >= 0.3 is 0 Å². The summed E-state index contributed by atoms with van der Waals surface area (Å²) >= 11 is 0. The third-order valence-electron chi connectivity index (χ3n) is 3.00. The molecular formula is C16H16N2O2. The zero-order chi connectivity index (χ0) is 14.6. The van der Waals surface area contributed by atoms with Crippen LogP contribution in [0.1, 0.15) is 25.0 Å². The molecule has 0 saturated carbocycles. The molecule has 2 aromatic rings. The normalized spacial score (nSPS) is 16.4. The maximum absolute atomic E-state index is 10.4. The predicted molar refractivity (Wildman–Crippen MR) is 75.4 cm³/mol. The third kappa shape index (κ3) is 3.21. The Morgan fingerprint density at radius 2 is 1.25 bits per heavy atom. The van der Waals surface area contributed by atoms with Crippen molar-refractivity contribution in [2.75, 3.05) is 0 Å². The zero-order valence-corrected chi connectivity index (χ0v) is 11.4. The van der Waals surface area contributed by atoms with Crippen molar-refractivity contribution in [2.24, 2.45) is 0 Å². The van der Waals surface area contributed by atoms with Gasteiger partial charge in [0.15, 0.2) is 0 Å². The summed E-state index contributed by atoms with van der Waals surface area (Å²) in [6.45, 7) is 3.13. The lowest BCUT2D eigenvalue weighted by Gasteiger charge is -2.20. The number of hydrogen-bond donors (Lipinski definition) is 2. The van der Waals surface area contributed by atoms with E-state index >= 15 is 0 Å². The third-order valence-corrected chi connectivity index (χ3v) is 3.00. The van der Waals surface area contributed by atoms with E-state index in [1.54, 1.807) is 62.9 Å². The highest BCUT2D eigenvalue weighted by atomic mass is 16.3. The van der Waals surface area contributed by atoms with Gasteiger partial charge in [-0.2, -0.15) is 0 Å². The van der Waals surface area contributed by atoms with Gasteiger partial charge in [0.25, 0.3) is 0 Å². The molecule has 2 aromatic heterocycles. The Bertz CT molecular complexity index is 570. The lowest BCUT2D eigenvalue weighted by atomic mass is 9.94. The number of pyridine rings is 2. The van der Waals surface area contributed by atoms with Crippen molar-refractivity contribution >= 4 is 0 Å². The Balaban J connectivity index is 2.30. The van der Waals surface area contributed by atoms with Gasteiger partial charge in [-0.1, -0.05) is 24.0 Å². The van der Waals surface area contributed by atoms with Gasteiger partial charge in [0.2, 0.25) is 0 Å². The van der Waals surface area contributed by atoms with E-state index in [1.807, 2.05) is 0 Å². The monoisotopic (exact) mass is 268 g/mol. The van der Waals surface area contributed by atoms with E-state index < -0.39 is 11.2 Å². The molecule has 2 rings (SSSR count). The molecule has 2 atom stereocenters. The molecule has 2 heterocycles. The van der Waals surface area contributed by atoms with Crippen LogP contribution in [-0.4, -0.2) is 20.2 Å². The quantitative estimate of drug-likeness (QED) is 0.812. The summed E-state index contributed by atoms with van der Waals surface area (Å²) in [6.07, 6.45) is 6.35. The number of hydrogen-bond acceptors (Lipinski definition) is 4. The van der Waals surface area contributed by atoms with Crippen molar-refractivity contribution < 1.29 is 10.2 Å². The van der Waals surface area contributed by atoms with Crippen molar-refractivity contribution in [1.29, 1.82) is 0 Å². The highest BCUT2D eigenvalue weighted by molar-refractivity contribution is 5.34. The lowest BCUT2D eigenvalue weighted by molar-refractivity contribution is 0.109. The fourth-order valence-corrected chi connectivity index (χ4v) is 1.69. The molecule has 0 aromatic carbocycles. The number of aliphatic hydroxyl groups is 2. The molecule has 20 heavy (non-hydrogen) atoms. The van der Waals surface area contributed by atoms with E-state index in [0.717, 1.165) is 0 Å². The van der Waals surface area contributed by atoms with Gasteiger partial charge in [0.05, 0.1) is 0 Å². The molecule has 0 saturated heterocycles. The highest BCUT2D eigenvalue weighted by Crippen LogP contribution is 2.22. The maximum atomic E-state index is 10.4. The first-order valence-corrected chi connectivity index (χ1v) is 6.22. The zero-order valence-electron chi connectivity index (χ0n) is 11.4. The Morgan fingerprint density at radius 1 is 0.850 bits per heavy atom. The Kier molecular flexibility index (Phi) is 3.84. The SMILES string of the molecule is C[C@](O)(C#C[C@](C)(O)c1cccnc1)c1cccnc1. The van der Waals surface area contributed by atoms with Gasteiger partial charge < -0.3 is 10.2 Å². The van der Waals surface area contributed by atoms with E-state index in [1.165, 1.54) is 0 Å². The Morgan fingerprint density at radius 3 is 1.55 bits per heavy atom.